The Kier molecular flexibility index (Phi) is 3.48. The van der Waals surface area contributed by atoms with Gasteiger partial charge in [-0.1, -0.05) is 13.3 Å². The number of hydrogen-bond donors (Lipinski definition) is 2. The molecule has 1 amide bonds. The Morgan fingerprint density at radius 2 is 2.18 bits per heavy atom. The predicted molar refractivity (Wildman–Crippen MR) is 83.5 cm³/mol. The molecule has 1 saturated heterocycles. The summed E-state index contributed by atoms with van der Waals surface area (Å²) in [7, 11) is 0. The van der Waals surface area contributed by atoms with Crippen molar-refractivity contribution in [3.8, 4) is 0 Å². The van der Waals surface area contributed by atoms with E-state index in [1.807, 2.05) is 13.0 Å². The first-order chi connectivity index (χ1) is 10.6. The van der Waals surface area contributed by atoms with Crippen molar-refractivity contribution in [1.29, 1.82) is 0 Å². The first-order valence-corrected chi connectivity index (χ1v) is 8.61. The monoisotopic (exact) mass is 303 g/mol. The minimum atomic E-state index is -0.349. The normalized spacial score (nSPS) is 40.3. The van der Waals surface area contributed by atoms with E-state index < -0.39 is 0 Å². The highest BCUT2D eigenvalue weighted by molar-refractivity contribution is 5.93. The smallest absolute Gasteiger partial charge is 0.254 e. The zero-order chi connectivity index (χ0) is 15.3. The van der Waals surface area contributed by atoms with Crippen LogP contribution in [0.15, 0.2) is 6.07 Å². The molecule has 2 heterocycles. The number of ether oxygens (including phenoxy) is 1. The van der Waals surface area contributed by atoms with E-state index in [1.54, 1.807) is 0 Å². The van der Waals surface area contributed by atoms with Gasteiger partial charge in [-0.05, 0) is 50.4 Å². The number of carbonyl (C=O) groups excluding carboxylic acids is 1. The van der Waals surface area contributed by atoms with Crippen LogP contribution in [0.2, 0.25) is 0 Å². The number of nitrogens with one attached hydrogen (secondary N) is 2. The molecule has 0 aromatic carbocycles. The van der Waals surface area contributed by atoms with Gasteiger partial charge < -0.3 is 10.1 Å². The lowest BCUT2D eigenvalue weighted by atomic mass is 9.86. The third-order valence-corrected chi connectivity index (χ3v) is 5.84. The Bertz CT molecular complexity index is 570. The quantitative estimate of drug-likeness (QED) is 0.902. The molecule has 1 aromatic rings. The molecule has 5 nitrogen and oxygen atoms in total. The van der Waals surface area contributed by atoms with Crippen molar-refractivity contribution in [3.63, 3.8) is 0 Å². The topological polar surface area (TPSA) is 67.0 Å². The van der Waals surface area contributed by atoms with Crippen LogP contribution < -0.4 is 5.32 Å². The van der Waals surface area contributed by atoms with E-state index in [4.69, 9.17) is 4.74 Å². The Balaban J connectivity index is 1.41. The van der Waals surface area contributed by atoms with E-state index in [-0.39, 0.29) is 24.0 Å². The molecule has 2 saturated carbocycles. The molecule has 6 atom stereocenters. The highest BCUT2D eigenvalue weighted by Crippen LogP contribution is 2.52. The van der Waals surface area contributed by atoms with E-state index in [1.165, 1.54) is 31.4 Å². The number of nitrogens with zero attached hydrogens (tertiary/aromatic N) is 1. The summed E-state index contributed by atoms with van der Waals surface area (Å²) in [5, 5.41) is 10.3. The third-order valence-electron chi connectivity index (χ3n) is 5.84. The molecule has 4 rings (SSSR count). The number of carbonyl (C=O) groups is 1. The van der Waals surface area contributed by atoms with Crippen LogP contribution in [0.4, 0.5) is 5.82 Å². The van der Waals surface area contributed by atoms with Crippen LogP contribution in [0.5, 0.6) is 0 Å². The van der Waals surface area contributed by atoms with Crippen LogP contribution in [-0.4, -0.2) is 28.3 Å². The number of anilines is 1. The van der Waals surface area contributed by atoms with Crippen LogP contribution in [0.25, 0.3) is 0 Å². The number of hydrogen-bond acceptors (Lipinski definition) is 3. The zero-order valence-electron chi connectivity index (χ0n) is 13.3. The van der Waals surface area contributed by atoms with Crippen LogP contribution in [0.3, 0.4) is 0 Å². The molecule has 3 aliphatic rings. The molecule has 3 fully saturated rings. The van der Waals surface area contributed by atoms with Gasteiger partial charge in [0.15, 0.2) is 5.82 Å². The van der Waals surface area contributed by atoms with E-state index in [2.05, 4.69) is 22.4 Å². The number of aromatic amines is 1. The van der Waals surface area contributed by atoms with E-state index in [0.717, 1.165) is 18.3 Å². The number of amides is 1. The van der Waals surface area contributed by atoms with Gasteiger partial charge in [-0.25, -0.2) is 0 Å². The summed E-state index contributed by atoms with van der Waals surface area (Å²) >= 11 is 0. The standard InChI is InChI=1S/C17H25N3O2/c1-9-5-10(2)22-16(9)17(21)18-15-8-14(19-20-15)13-7-11-3-4-12(13)6-11/h8-13,16H,3-7H2,1-2H3,(H2,18,19,20,21). The largest absolute Gasteiger partial charge is 0.365 e. The van der Waals surface area contributed by atoms with Crippen molar-refractivity contribution in [3.05, 3.63) is 11.8 Å². The lowest BCUT2D eigenvalue weighted by molar-refractivity contribution is -0.127. The average molecular weight is 303 g/mol. The van der Waals surface area contributed by atoms with E-state index in [9.17, 15) is 4.79 Å². The van der Waals surface area contributed by atoms with E-state index in [0.29, 0.717) is 11.7 Å². The van der Waals surface area contributed by atoms with Crippen molar-refractivity contribution in [2.45, 2.75) is 64.1 Å². The van der Waals surface area contributed by atoms with Gasteiger partial charge in [-0.2, -0.15) is 5.10 Å². The summed E-state index contributed by atoms with van der Waals surface area (Å²) in [6.07, 6.45) is 6.15. The molecule has 2 bridgehead atoms. The van der Waals surface area contributed by atoms with Gasteiger partial charge >= 0.3 is 0 Å². The Labute approximate surface area is 131 Å². The second kappa shape index (κ2) is 5.37. The Morgan fingerprint density at radius 3 is 2.82 bits per heavy atom. The predicted octanol–water partition coefficient (Wildman–Crippen LogP) is 3.07. The van der Waals surface area contributed by atoms with Gasteiger partial charge in [0.2, 0.25) is 0 Å². The molecular weight excluding hydrogens is 278 g/mol. The van der Waals surface area contributed by atoms with Crippen LogP contribution in [0.1, 0.15) is 57.6 Å². The van der Waals surface area contributed by atoms with Gasteiger partial charge in [-0.15, -0.1) is 0 Å². The van der Waals surface area contributed by atoms with Gasteiger partial charge in [-0.3, -0.25) is 9.89 Å². The van der Waals surface area contributed by atoms with Crippen molar-refractivity contribution >= 4 is 11.7 Å². The number of aromatic nitrogens is 2. The molecule has 2 N–H and O–H groups in total. The van der Waals surface area contributed by atoms with E-state index >= 15 is 0 Å². The maximum absolute atomic E-state index is 12.3. The average Bonchev–Trinajstić information content (AvgIpc) is 3.22. The second-order valence-corrected chi connectivity index (χ2v) is 7.56. The highest BCUT2D eigenvalue weighted by Gasteiger charge is 2.41. The molecule has 6 unspecified atom stereocenters. The summed E-state index contributed by atoms with van der Waals surface area (Å²) in [5.74, 6) is 3.16. The molecule has 2 aliphatic carbocycles. The maximum atomic E-state index is 12.3. The fraction of sp³-hybridized carbons (Fsp3) is 0.765. The summed E-state index contributed by atoms with van der Waals surface area (Å²) in [4.78, 5) is 12.3. The molecule has 0 spiro atoms. The first-order valence-electron chi connectivity index (χ1n) is 8.61. The highest BCUT2D eigenvalue weighted by atomic mass is 16.5. The lowest BCUT2D eigenvalue weighted by Crippen LogP contribution is -2.31. The molecule has 120 valence electrons. The first kappa shape index (κ1) is 14.2. The third kappa shape index (κ3) is 2.45. The lowest BCUT2D eigenvalue weighted by Gasteiger charge is -2.19. The van der Waals surface area contributed by atoms with Gasteiger partial charge in [0.05, 0.1) is 6.10 Å². The Hall–Kier alpha value is -1.36. The number of rotatable bonds is 3. The number of H-pyrrole nitrogens is 1. The van der Waals surface area contributed by atoms with Gasteiger partial charge in [0.25, 0.3) is 5.91 Å². The van der Waals surface area contributed by atoms with Crippen molar-refractivity contribution < 1.29 is 9.53 Å². The van der Waals surface area contributed by atoms with Crippen LogP contribution in [0, 0.1) is 17.8 Å². The maximum Gasteiger partial charge on any atom is 0.254 e. The van der Waals surface area contributed by atoms with Crippen molar-refractivity contribution in [2.24, 2.45) is 17.8 Å². The van der Waals surface area contributed by atoms with Gasteiger partial charge in [0, 0.05) is 17.7 Å². The second-order valence-electron chi connectivity index (χ2n) is 7.56. The minimum Gasteiger partial charge on any atom is -0.365 e. The fourth-order valence-corrected chi connectivity index (χ4v) is 4.82. The fourth-order valence-electron chi connectivity index (χ4n) is 4.82. The number of fused-ring (bicyclic) bond motifs is 2. The molecule has 1 aromatic heterocycles. The molecule has 1 aliphatic heterocycles. The zero-order valence-corrected chi connectivity index (χ0v) is 13.3. The van der Waals surface area contributed by atoms with Crippen molar-refractivity contribution in [1.82, 2.24) is 10.2 Å². The molecular formula is C17H25N3O2. The summed E-state index contributed by atoms with van der Waals surface area (Å²) in [5.41, 5.74) is 1.19. The van der Waals surface area contributed by atoms with Crippen LogP contribution in [-0.2, 0) is 9.53 Å². The Morgan fingerprint density at radius 1 is 1.32 bits per heavy atom. The summed E-state index contributed by atoms with van der Waals surface area (Å²) in [6.45, 7) is 4.09. The van der Waals surface area contributed by atoms with Crippen LogP contribution >= 0.6 is 0 Å². The molecule has 0 radical (unpaired) electrons. The summed E-state index contributed by atoms with van der Waals surface area (Å²) < 4.78 is 5.70. The molecule has 5 heteroatoms. The van der Waals surface area contributed by atoms with Crippen molar-refractivity contribution in [2.75, 3.05) is 5.32 Å². The SMILES string of the molecule is CC1CC(C)C(C(=O)Nc2cc(C3CC4CCC3C4)[nH]n2)O1. The molecule has 22 heavy (non-hydrogen) atoms. The minimum absolute atomic E-state index is 0.0668. The summed E-state index contributed by atoms with van der Waals surface area (Å²) in [6, 6.07) is 2.02. The van der Waals surface area contributed by atoms with Gasteiger partial charge in [0.1, 0.15) is 6.10 Å².